The van der Waals surface area contributed by atoms with Gasteiger partial charge in [-0.05, 0) is 116 Å². The van der Waals surface area contributed by atoms with E-state index < -0.39 is 31.1 Å². The minimum atomic E-state index is -4.68. The first-order valence-corrected chi connectivity index (χ1v) is 23.8. The maximum Gasteiger partial charge on any atom is 0.294 e. The summed E-state index contributed by atoms with van der Waals surface area (Å²) in [7, 11) is -7.46. The predicted octanol–water partition coefficient (Wildman–Crippen LogP) is 10.3. The van der Waals surface area contributed by atoms with Crippen LogP contribution in [0.3, 0.4) is 0 Å². The van der Waals surface area contributed by atoms with Gasteiger partial charge in [0.2, 0.25) is 5.69 Å². The zero-order valence-corrected chi connectivity index (χ0v) is 37.6. The molecule has 0 atom stereocenters. The van der Waals surface area contributed by atoms with E-state index in [0.29, 0.717) is 13.1 Å². The van der Waals surface area contributed by atoms with E-state index in [4.69, 9.17) is 4.74 Å². The Labute approximate surface area is 370 Å². The van der Waals surface area contributed by atoms with Crippen molar-refractivity contribution in [2.75, 3.05) is 17.3 Å². The van der Waals surface area contributed by atoms with Crippen LogP contribution < -0.4 is 15.0 Å². The lowest BCUT2D eigenvalue weighted by atomic mass is 9.81. The van der Waals surface area contributed by atoms with Crippen molar-refractivity contribution in [1.29, 1.82) is 0 Å². The van der Waals surface area contributed by atoms with Gasteiger partial charge in [-0.1, -0.05) is 86.7 Å². The van der Waals surface area contributed by atoms with Crippen LogP contribution in [0.1, 0.15) is 69.2 Å². The van der Waals surface area contributed by atoms with Crippen LogP contribution in [0.2, 0.25) is 0 Å². The number of anilines is 2. The topological polar surface area (TPSA) is 139 Å². The van der Waals surface area contributed by atoms with E-state index >= 15 is 0 Å². The van der Waals surface area contributed by atoms with Crippen LogP contribution in [0.25, 0.3) is 0 Å². The number of fused-ring (bicyclic) bond motifs is 2. The van der Waals surface area contributed by atoms with Crippen molar-refractivity contribution in [2.24, 2.45) is 0 Å². The minimum absolute atomic E-state index is 0.143. The molecule has 2 N–H and O–H groups in total. The summed E-state index contributed by atoms with van der Waals surface area (Å²) in [5.41, 5.74) is 10.1. The molecule has 2 heterocycles. The van der Waals surface area contributed by atoms with E-state index in [1.165, 1.54) is 18.2 Å². The van der Waals surface area contributed by atoms with Gasteiger partial charge in [0.1, 0.15) is 15.9 Å². The molecule has 0 amide bonds. The molecule has 63 heavy (non-hydrogen) atoms. The van der Waals surface area contributed by atoms with Gasteiger partial charge in [0, 0.05) is 58.0 Å². The monoisotopic (exact) mass is 881 g/mol. The largest absolute Gasteiger partial charge is 0.744 e. The molecule has 0 radical (unpaired) electrons. The first kappa shape index (κ1) is 43.6. The van der Waals surface area contributed by atoms with Crippen molar-refractivity contribution in [3.8, 4) is 5.75 Å². The summed E-state index contributed by atoms with van der Waals surface area (Å²) in [6.07, 6.45) is 11.1. The van der Waals surface area contributed by atoms with Crippen LogP contribution in [0.15, 0.2) is 178 Å². The standard InChI is InChI=1S/C51H51N3O7S2/c1-50(2)43-31-41(62(55,56)57)25-27-45(43)53(33-35-13-8-6-9-14-35)47(50)29-19-37-17-12-18-38(49(37)52-39-21-23-40(61-5)24-22-39)20-30-48-51(3,4)44-32-42(63(58,59)60)26-28-46(44)54(48)34-36-15-10-7-11-16-36/h6-11,13-16,19-32H,12,17-18,33-34H2,1-5H3,(H2,55,56,57,58,59,60)/b37-19+,47-29+. The summed E-state index contributed by atoms with van der Waals surface area (Å²) in [4.78, 5) is 1.83. The second kappa shape index (κ2) is 16.9. The fourth-order valence-electron chi connectivity index (χ4n) is 9.09. The van der Waals surface area contributed by atoms with Gasteiger partial charge in [-0.3, -0.25) is 4.55 Å². The third-order valence-corrected chi connectivity index (χ3v) is 14.1. The number of rotatable bonds is 12. The SMILES string of the molecule is COc1ccc(NC2=C(/C=C/C3=[N+](Cc4ccccc4)c4ccc(S(=O)(=O)[O-])cc4C3(C)C)CCC/C2=C\C=C2\N(Cc3ccccc3)c3ccc(S(=O)(=O)O)cc3C2(C)C)cc1. The quantitative estimate of drug-likeness (QED) is 0.0926. The van der Waals surface area contributed by atoms with E-state index in [0.717, 1.165) is 92.6 Å². The second-order valence-corrected chi connectivity index (χ2v) is 20.1. The second-order valence-electron chi connectivity index (χ2n) is 17.3. The van der Waals surface area contributed by atoms with Gasteiger partial charge in [-0.15, -0.1) is 0 Å². The molecule has 2 aliphatic heterocycles. The van der Waals surface area contributed by atoms with Gasteiger partial charge in [0.15, 0.2) is 12.3 Å². The van der Waals surface area contributed by atoms with Gasteiger partial charge in [-0.25, -0.2) is 8.42 Å². The van der Waals surface area contributed by atoms with E-state index in [9.17, 15) is 25.9 Å². The Morgan fingerprint density at radius 1 is 0.762 bits per heavy atom. The number of benzene rings is 5. The first-order valence-electron chi connectivity index (χ1n) is 20.9. The average Bonchev–Trinajstić information content (AvgIpc) is 3.59. The number of ether oxygens (including phenoxy) is 1. The first-order chi connectivity index (χ1) is 29.9. The van der Waals surface area contributed by atoms with Crippen LogP contribution in [-0.2, 0) is 44.2 Å². The molecule has 0 spiro atoms. The zero-order chi connectivity index (χ0) is 44.7. The summed E-state index contributed by atoms with van der Waals surface area (Å²) < 4.78 is 79.0. The van der Waals surface area contributed by atoms with Gasteiger partial charge >= 0.3 is 0 Å². The molecule has 0 saturated carbocycles. The number of allylic oxidation sites excluding steroid dienone is 7. The van der Waals surface area contributed by atoms with Gasteiger partial charge in [0.05, 0.1) is 22.3 Å². The van der Waals surface area contributed by atoms with Gasteiger partial charge in [-0.2, -0.15) is 13.0 Å². The molecule has 0 bridgehead atoms. The van der Waals surface area contributed by atoms with Gasteiger partial charge < -0.3 is 19.5 Å². The summed E-state index contributed by atoms with van der Waals surface area (Å²) in [6.45, 7) is 9.36. The van der Waals surface area contributed by atoms with E-state index in [2.05, 4.69) is 91.1 Å². The highest BCUT2D eigenvalue weighted by atomic mass is 32.2. The Bertz CT molecular complexity index is 2970. The summed E-state index contributed by atoms with van der Waals surface area (Å²) in [6, 6.07) is 37.5. The third kappa shape index (κ3) is 8.81. The smallest absolute Gasteiger partial charge is 0.294 e. The average molecular weight is 882 g/mol. The van der Waals surface area contributed by atoms with Crippen LogP contribution in [0.5, 0.6) is 5.75 Å². The van der Waals surface area contributed by atoms with Crippen LogP contribution in [-0.4, -0.2) is 43.3 Å². The Morgan fingerprint density at radius 2 is 1.41 bits per heavy atom. The van der Waals surface area contributed by atoms with Crippen LogP contribution >= 0.6 is 0 Å². The molecule has 0 fully saturated rings. The zero-order valence-electron chi connectivity index (χ0n) is 36.0. The molecule has 5 aromatic carbocycles. The minimum Gasteiger partial charge on any atom is -0.744 e. The molecular formula is C51H51N3O7S2. The number of methoxy groups -OCH3 is 1. The lowest BCUT2D eigenvalue weighted by Crippen LogP contribution is -2.27. The Balaban J connectivity index is 1.26. The van der Waals surface area contributed by atoms with Crippen molar-refractivity contribution in [3.63, 3.8) is 0 Å². The fourth-order valence-corrected chi connectivity index (χ4v) is 10.1. The molecule has 0 unspecified atom stereocenters. The van der Waals surface area contributed by atoms with E-state index in [1.807, 2.05) is 60.7 Å². The molecule has 324 valence electrons. The maximum absolute atomic E-state index is 12.3. The van der Waals surface area contributed by atoms with E-state index in [-0.39, 0.29) is 9.79 Å². The molecule has 12 heteroatoms. The van der Waals surface area contributed by atoms with Crippen molar-refractivity contribution >= 4 is 43.0 Å². The lowest BCUT2D eigenvalue weighted by molar-refractivity contribution is -0.455. The summed E-state index contributed by atoms with van der Waals surface area (Å²) in [5, 5.41) is 3.75. The normalized spacial score (nSPS) is 18.4. The van der Waals surface area contributed by atoms with E-state index in [1.54, 1.807) is 25.3 Å². The van der Waals surface area contributed by atoms with Crippen molar-refractivity contribution in [1.82, 2.24) is 0 Å². The molecule has 1 aliphatic carbocycles. The Kier molecular flexibility index (Phi) is 11.7. The molecule has 3 aliphatic rings. The Hall–Kier alpha value is -6.05. The number of hydrogen-bond acceptors (Lipinski definition) is 8. The molecule has 8 rings (SSSR count). The molecule has 5 aromatic rings. The molecule has 0 saturated heterocycles. The van der Waals surface area contributed by atoms with Crippen molar-refractivity contribution < 1.29 is 35.3 Å². The number of nitrogens with zero attached hydrogens (tertiary/aromatic N) is 2. The molecule has 0 aromatic heterocycles. The number of hydrogen-bond donors (Lipinski definition) is 2. The third-order valence-electron chi connectivity index (χ3n) is 12.5. The summed E-state index contributed by atoms with van der Waals surface area (Å²) >= 11 is 0. The number of nitrogens with one attached hydrogen (secondary N) is 1. The molecular weight excluding hydrogens is 831 g/mol. The lowest BCUT2D eigenvalue weighted by Gasteiger charge is -2.28. The van der Waals surface area contributed by atoms with Crippen molar-refractivity contribution in [2.45, 2.75) is 80.7 Å². The highest BCUT2D eigenvalue weighted by molar-refractivity contribution is 7.86. The fraction of sp³-hybridized carbons (Fsp3) is 0.235. The van der Waals surface area contributed by atoms with Crippen LogP contribution in [0.4, 0.5) is 17.1 Å². The Morgan fingerprint density at radius 3 is 2.06 bits per heavy atom. The predicted molar refractivity (Wildman–Crippen MR) is 247 cm³/mol. The molecule has 10 nitrogen and oxygen atoms in total. The maximum atomic E-state index is 12.3. The van der Waals surface area contributed by atoms with Crippen molar-refractivity contribution in [3.05, 3.63) is 190 Å². The van der Waals surface area contributed by atoms with Gasteiger partial charge in [0.25, 0.3) is 10.1 Å². The highest BCUT2D eigenvalue weighted by Gasteiger charge is 2.45. The summed E-state index contributed by atoms with van der Waals surface area (Å²) in [5.74, 6) is 0.739. The van der Waals surface area contributed by atoms with Crippen LogP contribution in [0, 0.1) is 0 Å². The highest BCUT2D eigenvalue weighted by Crippen LogP contribution is 2.49.